The second-order valence-corrected chi connectivity index (χ2v) is 9.69. The first-order valence-electron chi connectivity index (χ1n) is 12.7. The Kier molecular flexibility index (Phi) is 5.89. The van der Waals surface area contributed by atoms with Gasteiger partial charge in [0.15, 0.2) is 0 Å². The molecule has 0 fully saturated rings. The first-order chi connectivity index (χ1) is 18.5. The third-order valence-electron chi connectivity index (χ3n) is 7.29. The second kappa shape index (κ2) is 9.53. The van der Waals surface area contributed by atoms with Crippen LogP contribution in [-0.2, 0) is 0 Å². The zero-order valence-electron chi connectivity index (χ0n) is 21.3. The van der Waals surface area contributed by atoms with Crippen LogP contribution in [0, 0.1) is 13.8 Å². The minimum atomic E-state index is -0.918. The van der Waals surface area contributed by atoms with Crippen LogP contribution in [0.2, 0.25) is 0 Å². The minimum absolute atomic E-state index is 0.286. The van der Waals surface area contributed by atoms with Crippen molar-refractivity contribution in [3.05, 3.63) is 138 Å². The normalized spacial score (nSPS) is 11.1. The van der Waals surface area contributed by atoms with E-state index in [2.05, 4.69) is 116 Å². The number of fused-ring (bicyclic) bond motifs is 2. The Morgan fingerprint density at radius 3 is 1.92 bits per heavy atom. The van der Waals surface area contributed by atoms with Gasteiger partial charge < -0.3 is 10.0 Å². The molecule has 0 aliphatic heterocycles. The lowest BCUT2D eigenvalue weighted by Crippen LogP contribution is -2.10. The van der Waals surface area contributed by atoms with Crippen LogP contribution in [0.1, 0.15) is 21.5 Å². The van der Waals surface area contributed by atoms with Gasteiger partial charge in [0, 0.05) is 16.8 Å². The second-order valence-electron chi connectivity index (χ2n) is 9.69. The number of benzene rings is 6. The van der Waals surface area contributed by atoms with Crippen LogP contribution in [0.15, 0.2) is 121 Å². The third-order valence-corrected chi connectivity index (χ3v) is 7.29. The van der Waals surface area contributed by atoms with E-state index < -0.39 is 5.97 Å². The number of hydrogen-bond acceptors (Lipinski definition) is 2. The lowest BCUT2D eigenvalue weighted by Gasteiger charge is -2.28. The standard InChI is InChI=1S/C35H27NO2/c1-23-6-5-7-28-22-30(19-20-31(23)28)36(34-21-10-24(2)32-8-3-4-9-33(32)34)29-17-15-26(16-18-29)25-11-13-27(14-12-25)35(37)38/h3-22H,1-2H3,(H,37,38). The average Bonchev–Trinajstić information content (AvgIpc) is 2.95. The Morgan fingerprint density at radius 2 is 1.21 bits per heavy atom. The molecule has 3 heteroatoms. The number of rotatable bonds is 5. The SMILES string of the molecule is Cc1cccc2cc(N(c3ccc(-c4ccc(C(=O)O)cc4)cc3)c3ccc(C)c4ccccc34)ccc12. The number of nitrogens with zero attached hydrogens (tertiary/aromatic N) is 1. The van der Waals surface area contributed by atoms with Crippen molar-refractivity contribution in [2.24, 2.45) is 0 Å². The molecule has 6 aromatic carbocycles. The Morgan fingerprint density at radius 1 is 0.579 bits per heavy atom. The van der Waals surface area contributed by atoms with Crippen LogP contribution in [0.4, 0.5) is 17.1 Å². The molecule has 0 saturated heterocycles. The van der Waals surface area contributed by atoms with Gasteiger partial charge in [-0.1, -0.05) is 78.9 Å². The summed E-state index contributed by atoms with van der Waals surface area (Å²) < 4.78 is 0. The van der Waals surface area contributed by atoms with Crippen molar-refractivity contribution in [2.75, 3.05) is 4.90 Å². The Labute approximate surface area is 222 Å². The van der Waals surface area contributed by atoms with Crippen molar-refractivity contribution in [3.63, 3.8) is 0 Å². The Hall–Kier alpha value is -4.89. The Balaban J connectivity index is 1.51. The van der Waals surface area contributed by atoms with E-state index in [9.17, 15) is 9.90 Å². The largest absolute Gasteiger partial charge is 0.478 e. The summed E-state index contributed by atoms with van der Waals surface area (Å²) in [6.07, 6.45) is 0. The van der Waals surface area contributed by atoms with Crippen LogP contribution in [0.5, 0.6) is 0 Å². The van der Waals surface area contributed by atoms with Crippen molar-refractivity contribution in [2.45, 2.75) is 13.8 Å². The molecule has 0 amide bonds. The van der Waals surface area contributed by atoms with Crippen molar-refractivity contribution >= 4 is 44.6 Å². The first kappa shape index (κ1) is 23.5. The van der Waals surface area contributed by atoms with E-state index in [1.807, 2.05) is 12.1 Å². The Bertz CT molecular complexity index is 1800. The molecule has 0 bridgehead atoms. The van der Waals surface area contributed by atoms with Gasteiger partial charge in [-0.3, -0.25) is 0 Å². The maximum absolute atomic E-state index is 11.2. The maximum Gasteiger partial charge on any atom is 0.335 e. The smallest absolute Gasteiger partial charge is 0.335 e. The summed E-state index contributed by atoms with van der Waals surface area (Å²) in [5.74, 6) is -0.918. The summed E-state index contributed by atoms with van der Waals surface area (Å²) in [4.78, 5) is 13.6. The fourth-order valence-electron chi connectivity index (χ4n) is 5.24. The highest BCUT2D eigenvalue weighted by molar-refractivity contribution is 6.01. The zero-order chi connectivity index (χ0) is 26.2. The molecule has 0 spiro atoms. The summed E-state index contributed by atoms with van der Waals surface area (Å²) in [7, 11) is 0. The number of aromatic carboxylic acids is 1. The lowest BCUT2D eigenvalue weighted by atomic mass is 10.00. The fourth-order valence-corrected chi connectivity index (χ4v) is 5.24. The van der Waals surface area contributed by atoms with Gasteiger partial charge in [0.25, 0.3) is 0 Å². The van der Waals surface area contributed by atoms with Crippen molar-refractivity contribution < 1.29 is 9.90 Å². The molecule has 6 rings (SSSR count). The predicted molar refractivity (Wildman–Crippen MR) is 158 cm³/mol. The molecule has 0 aliphatic carbocycles. The van der Waals surface area contributed by atoms with Gasteiger partial charge in [-0.15, -0.1) is 0 Å². The molecule has 0 heterocycles. The van der Waals surface area contributed by atoms with E-state index in [0.29, 0.717) is 0 Å². The summed E-state index contributed by atoms with van der Waals surface area (Å²) in [5, 5.41) is 14.1. The van der Waals surface area contributed by atoms with Crippen LogP contribution in [-0.4, -0.2) is 11.1 Å². The molecule has 0 saturated carbocycles. The molecule has 0 aromatic heterocycles. The molecule has 3 nitrogen and oxygen atoms in total. The zero-order valence-corrected chi connectivity index (χ0v) is 21.3. The molecule has 38 heavy (non-hydrogen) atoms. The van der Waals surface area contributed by atoms with E-state index in [0.717, 1.165) is 28.2 Å². The van der Waals surface area contributed by atoms with Gasteiger partial charge >= 0.3 is 5.97 Å². The number of aryl methyl sites for hydroxylation is 2. The van der Waals surface area contributed by atoms with Gasteiger partial charge in [0.1, 0.15) is 0 Å². The molecule has 0 unspecified atom stereocenters. The third kappa shape index (κ3) is 4.18. The van der Waals surface area contributed by atoms with Gasteiger partial charge in [0.05, 0.1) is 11.3 Å². The first-order valence-corrected chi connectivity index (χ1v) is 12.7. The van der Waals surface area contributed by atoms with Gasteiger partial charge in [-0.05, 0) is 94.7 Å². The van der Waals surface area contributed by atoms with Crippen molar-refractivity contribution in [1.82, 2.24) is 0 Å². The molecular weight excluding hydrogens is 466 g/mol. The van der Waals surface area contributed by atoms with Crippen molar-refractivity contribution in [3.8, 4) is 11.1 Å². The minimum Gasteiger partial charge on any atom is -0.478 e. The molecule has 0 radical (unpaired) electrons. The summed E-state index contributed by atoms with van der Waals surface area (Å²) >= 11 is 0. The molecule has 0 atom stereocenters. The summed E-state index contributed by atoms with van der Waals surface area (Å²) in [6, 6.07) is 41.5. The number of anilines is 3. The molecule has 184 valence electrons. The number of carbonyl (C=O) groups is 1. The van der Waals surface area contributed by atoms with E-state index in [1.165, 1.54) is 32.7 Å². The quantitative estimate of drug-likeness (QED) is 0.260. The van der Waals surface area contributed by atoms with Gasteiger partial charge in [0.2, 0.25) is 0 Å². The monoisotopic (exact) mass is 493 g/mol. The molecule has 1 N–H and O–H groups in total. The highest BCUT2D eigenvalue weighted by Gasteiger charge is 2.17. The molecule has 6 aromatic rings. The predicted octanol–water partition coefficient (Wildman–Crippen LogP) is 9.44. The summed E-state index contributed by atoms with van der Waals surface area (Å²) in [5.41, 5.74) is 8.08. The average molecular weight is 494 g/mol. The van der Waals surface area contributed by atoms with E-state index in [1.54, 1.807) is 12.1 Å². The lowest BCUT2D eigenvalue weighted by molar-refractivity contribution is 0.0697. The number of carboxylic acid groups (broad SMARTS) is 1. The molecule has 0 aliphatic rings. The molecular formula is C35H27NO2. The topological polar surface area (TPSA) is 40.5 Å². The van der Waals surface area contributed by atoms with Crippen LogP contribution < -0.4 is 4.90 Å². The van der Waals surface area contributed by atoms with Gasteiger partial charge in [-0.25, -0.2) is 4.79 Å². The highest BCUT2D eigenvalue weighted by atomic mass is 16.4. The van der Waals surface area contributed by atoms with Crippen LogP contribution in [0.25, 0.3) is 32.7 Å². The fraction of sp³-hybridized carbons (Fsp3) is 0.0571. The highest BCUT2D eigenvalue weighted by Crippen LogP contribution is 2.41. The van der Waals surface area contributed by atoms with Crippen LogP contribution >= 0.6 is 0 Å². The number of carboxylic acids is 1. The van der Waals surface area contributed by atoms with Crippen LogP contribution in [0.3, 0.4) is 0 Å². The maximum atomic E-state index is 11.2. The van der Waals surface area contributed by atoms with E-state index in [4.69, 9.17) is 0 Å². The van der Waals surface area contributed by atoms with Crippen molar-refractivity contribution in [1.29, 1.82) is 0 Å². The van der Waals surface area contributed by atoms with Gasteiger partial charge in [-0.2, -0.15) is 0 Å². The van der Waals surface area contributed by atoms with E-state index in [-0.39, 0.29) is 5.56 Å². The number of hydrogen-bond donors (Lipinski definition) is 1. The van der Waals surface area contributed by atoms with E-state index >= 15 is 0 Å². The summed E-state index contributed by atoms with van der Waals surface area (Å²) in [6.45, 7) is 4.30.